The van der Waals surface area contributed by atoms with E-state index in [-0.39, 0.29) is 35.4 Å². The van der Waals surface area contributed by atoms with Crippen molar-refractivity contribution in [2.75, 3.05) is 19.7 Å². The third-order valence-corrected chi connectivity index (χ3v) is 7.67. The van der Waals surface area contributed by atoms with Crippen LogP contribution < -0.4 is 10.5 Å². The summed E-state index contributed by atoms with van der Waals surface area (Å²) in [5.74, 6) is -0.149. The van der Waals surface area contributed by atoms with E-state index in [9.17, 15) is 17.6 Å². The number of aliphatic imine (C=N–C) groups is 1. The van der Waals surface area contributed by atoms with Gasteiger partial charge < -0.3 is 10.5 Å². The Balaban J connectivity index is 1.65. The minimum absolute atomic E-state index is 0.0274. The topological polar surface area (TPSA) is 115 Å². The number of nitrogens with two attached hydrogens (primary N) is 1. The van der Waals surface area contributed by atoms with Gasteiger partial charge in [-0.25, -0.2) is 27.1 Å². The maximum absolute atomic E-state index is 12.7. The van der Waals surface area contributed by atoms with Gasteiger partial charge in [0.1, 0.15) is 17.0 Å². The summed E-state index contributed by atoms with van der Waals surface area (Å²) >= 11 is 0. The second-order valence-electron chi connectivity index (χ2n) is 7.80. The predicted octanol–water partition coefficient (Wildman–Crippen LogP) is 1.93. The van der Waals surface area contributed by atoms with Gasteiger partial charge in [-0.15, -0.1) is 0 Å². The molecule has 1 spiro atoms. The first-order valence-electron chi connectivity index (χ1n) is 9.86. The van der Waals surface area contributed by atoms with Crippen LogP contribution >= 0.6 is 0 Å². The third-order valence-electron chi connectivity index (χ3n) is 5.81. The molecule has 0 amide bonds. The quantitative estimate of drug-likeness (QED) is 0.702. The molecule has 0 radical (unpaired) electrons. The molecule has 1 aliphatic carbocycles. The predicted molar refractivity (Wildman–Crippen MR) is 113 cm³/mol. The second kappa shape index (κ2) is 7.92. The third kappa shape index (κ3) is 3.99. The van der Waals surface area contributed by atoms with Crippen LogP contribution in [0.25, 0.3) is 0 Å². The Kier molecular flexibility index (Phi) is 5.42. The number of aryl methyl sites for hydroxylation is 1. The van der Waals surface area contributed by atoms with Crippen LogP contribution in [-0.2, 0) is 28.4 Å². The first-order chi connectivity index (χ1) is 14.7. The number of hydrogen-bond acceptors (Lipinski definition) is 7. The molecule has 0 fully saturated rings. The fraction of sp³-hybridized carbons (Fsp3) is 0.381. The van der Waals surface area contributed by atoms with E-state index in [2.05, 4.69) is 9.98 Å². The van der Waals surface area contributed by atoms with Crippen LogP contribution in [0, 0.1) is 0 Å². The number of pyridine rings is 1. The molecule has 164 valence electrons. The van der Waals surface area contributed by atoms with E-state index < -0.39 is 22.4 Å². The number of alkyl halides is 1. The summed E-state index contributed by atoms with van der Waals surface area (Å²) in [4.78, 5) is 21.3. The Labute approximate surface area is 180 Å². The van der Waals surface area contributed by atoms with Gasteiger partial charge in [0.25, 0.3) is 0 Å². The molecule has 2 aromatic rings. The number of Topliss-reactive ketones (excluding diaryl/α,β-unsaturated/α-hetero) is 1. The Morgan fingerprint density at radius 1 is 1.32 bits per heavy atom. The summed E-state index contributed by atoms with van der Waals surface area (Å²) in [5, 5.41) is 0. The number of fused-ring (bicyclic) bond motifs is 2. The first kappa shape index (κ1) is 21.2. The molecule has 0 saturated carbocycles. The highest BCUT2D eigenvalue weighted by molar-refractivity contribution is 7.89. The Bertz CT molecular complexity index is 1150. The van der Waals surface area contributed by atoms with Crippen molar-refractivity contribution < 1.29 is 22.3 Å². The maximum Gasteiger partial charge on any atom is 0.239 e. The van der Waals surface area contributed by atoms with E-state index in [4.69, 9.17) is 10.5 Å². The van der Waals surface area contributed by atoms with Gasteiger partial charge in [-0.1, -0.05) is 18.2 Å². The zero-order chi connectivity index (χ0) is 22.2. The van der Waals surface area contributed by atoms with Crippen LogP contribution in [-0.4, -0.2) is 49.1 Å². The number of ether oxygens (including phenoxy) is 1. The molecule has 31 heavy (non-hydrogen) atoms. The van der Waals surface area contributed by atoms with Crippen molar-refractivity contribution in [2.45, 2.75) is 31.2 Å². The van der Waals surface area contributed by atoms with Crippen molar-refractivity contribution in [1.82, 2.24) is 9.29 Å². The van der Waals surface area contributed by atoms with Crippen LogP contribution in [0.4, 0.5) is 4.39 Å². The van der Waals surface area contributed by atoms with Crippen LogP contribution in [0.15, 0.2) is 41.5 Å². The minimum Gasteiger partial charge on any atom is -0.461 e. The number of carbonyl (C=O) groups is 1. The lowest BCUT2D eigenvalue weighted by atomic mass is 9.77. The van der Waals surface area contributed by atoms with Gasteiger partial charge in [0.2, 0.25) is 22.8 Å². The van der Waals surface area contributed by atoms with Crippen LogP contribution in [0.2, 0.25) is 0 Å². The van der Waals surface area contributed by atoms with Crippen molar-refractivity contribution in [3.63, 3.8) is 0 Å². The molecule has 8 nitrogen and oxygen atoms in total. The molecule has 1 aromatic carbocycles. The number of carbonyl (C=O) groups excluding carboxylic acids is 1. The number of sulfonamides is 1. The highest BCUT2D eigenvalue weighted by atomic mass is 32.2. The molecule has 1 aromatic heterocycles. The Morgan fingerprint density at radius 3 is 2.81 bits per heavy atom. The van der Waals surface area contributed by atoms with E-state index in [1.165, 1.54) is 25.4 Å². The molecule has 2 aliphatic rings. The number of nitrogens with zero attached hydrogens (tertiary/aromatic N) is 3. The van der Waals surface area contributed by atoms with Crippen molar-refractivity contribution in [2.24, 2.45) is 10.7 Å². The molecule has 1 atom stereocenters. The number of guanidine groups is 1. The molecule has 2 N–H and O–H groups in total. The summed E-state index contributed by atoms with van der Waals surface area (Å²) in [5.41, 5.74) is 7.81. The maximum atomic E-state index is 12.7. The van der Waals surface area contributed by atoms with Crippen LogP contribution in [0.1, 0.15) is 40.0 Å². The highest BCUT2D eigenvalue weighted by Crippen LogP contribution is 2.42. The summed E-state index contributed by atoms with van der Waals surface area (Å²) in [7, 11) is -2.19. The van der Waals surface area contributed by atoms with E-state index in [1.54, 1.807) is 0 Å². The van der Waals surface area contributed by atoms with Crippen molar-refractivity contribution >= 4 is 21.8 Å². The largest absolute Gasteiger partial charge is 0.461 e. The number of ketones is 1. The summed E-state index contributed by atoms with van der Waals surface area (Å²) in [6.45, 7) is -0.968. The average molecular weight is 447 g/mol. The van der Waals surface area contributed by atoms with Gasteiger partial charge in [0.15, 0.2) is 5.78 Å². The Morgan fingerprint density at radius 2 is 2.13 bits per heavy atom. The number of hydrogen-bond donors (Lipinski definition) is 1. The molecule has 10 heteroatoms. The fourth-order valence-corrected chi connectivity index (χ4v) is 5.68. The van der Waals surface area contributed by atoms with Gasteiger partial charge in [0, 0.05) is 13.5 Å². The number of benzene rings is 1. The Hall–Kier alpha value is -3.01. The number of halogens is 1. The summed E-state index contributed by atoms with van der Waals surface area (Å²) < 4.78 is 43.3. The second-order valence-corrected chi connectivity index (χ2v) is 9.80. The van der Waals surface area contributed by atoms with E-state index in [1.807, 2.05) is 18.2 Å². The molecule has 0 bridgehead atoms. The van der Waals surface area contributed by atoms with E-state index >= 15 is 0 Å². The molecule has 0 saturated heterocycles. The SMILES string of the molecule is CN1C(N)=N[C@@]2(CCCc3ccc(CC(=O)c4ccc(OCF)cn4)cc32)CS1(=O)=O. The average Bonchev–Trinajstić information content (AvgIpc) is 2.73. The smallest absolute Gasteiger partial charge is 0.239 e. The normalized spacial score (nSPS) is 22.0. The lowest BCUT2D eigenvalue weighted by Crippen LogP contribution is -2.52. The zero-order valence-corrected chi connectivity index (χ0v) is 17.9. The van der Waals surface area contributed by atoms with Gasteiger partial charge in [-0.2, -0.15) is 0 Å². The molecule has 4 rings (SSSR count). The lowest BCUT2D eigenvalue weighted by Gasteiger charge is -2.40. The minimum atomic E-state index is -3.59. The molecular weight excluding hydrogens is 423 g/mol. The number of aromatic nitrogens is 1. The van der Waals surface area contributed by atoms with E-state index in [0.29, 0.717) is 6.42 Å². The number of rotatable bonds is 5. The fourth-order valence-electron chi connectivity index (χ4n) is 4.19. The van der Waals surface area contributed by atoms with Gasteiger partial charge in [0.05, 0.1) is 11.9 Å². The van der Waals surface area contributed by atoms with Crippen LogP contribution in [0.3, 0.4) is 0 Å². The zero-order valence-electron chi connectivity index (χ0n) is 17.0. The monoisotopic (exact) mass is 446 g/mol. The van der Waals surface area contributed by atoms with E-state index in [0.717, 1.165) is 33.8 Å². The van der Waals surface area contributed by atoms with Gasteiger partial charge in [-0.3, -0.25) is 4.79 Å². The highest BCUT2D eigenvalue weighted by Gasteiger charge is 2.45. The van der Waals surface area contributed by atoms with Crippen molar-refractivity contribution in [3.8, 4) is 5.75 Å². The molecule has 1 aliphatic heterocycles. The van der Waals surface area contributed by atoms with Crippen molar-refractivity contribution in [3.05, 3.63) is 58.9 Å². The lowest BCUT2D eigenvalue weighted by molar-refractivity contribution is 0.0988. The van der Waals surface area contributed by atoms with Crippen molar-refractivity contribution in [1.29, 1.82) is 0 Å². The van der Waals surface area contributed by atoms with Crippen LogP contribution in [0.5, 0.6) is 5.75 Å². The van der Waals surface area contributed by atoms with Gasteiger partial charge >= 0.3 is 0 Å². The summed E-state index contributed by atoms with van der Waals surface area (Å²) in [6.07, 6.45) is 3.58. The molecule has 2 heterocycles. The first-order valence-corrected chi connectivity index (χ1v) is 11.5. The molecule has 0 unspecified atom stereocenters. The van der Waals surface area contributed by atoms with Gasteiger partial charge in [-0.05, 0) is 48.1 Å². The summed E-state index contributed by atoms with van der Waals surface area (Å²) in [6, 6.07) is 8.64. The standard InChI is InChI=1S/C21H23FN4O4S/c1-26-20(23)25-21(12-31(26,28)29)8-2-3-15-5-4-14(9-17(15)21)10-19(27)18-7-6-16(11-24-18)30-13-22/h4-7,9,11H,2-3,8,10,12-13H2,1H3,(H2,23,25)/t21-/m0/s1. The molecular formula is C21H23FN4O4S.